The average molecular weight is 151 g/mol. The van der Waals surface area contributed by atoms with Crippen molar-refractivity contribution in [2.75, 3.05) is 5.73 Å². The molecule has 0 saturated carbocycles. The number of anilines is 1. The quantitative estimate of drug-likeness (QED) is 0.686. The molecule has 0 unspecified atom stereocenters. The zero-order valence-electron chi connectivity index (χ0n) is 6.29. The van der Waals surface area contributed by atoms with Gasteiger partial charge in [-0.2, -0.15) is 5.26 Å². The van der Waals surface area contributed by atoms with Crippen LogP contribution >= 0.6 is 0 Å². The average Bonchev–Trinajstić information content (AvgIpc) is 2.32. The molecule has 0 bridgehead atoms. The van der Waals surface area contributed by atoms with Crippen molar-refractivity contribution in [1.82, 2.24) is 4.98 Å². The minimum absolute atomic E-state index is 0.121. The molecule has 0 amide bonds. The number of nitrogens with zero attached hydrogens (tertiary/aromatic N) is 2. The van der Waals surface area contributed by atoms with Crippen LogP contribution in [0.1, 0.15) is 24.9 Å². The molecule has 2 N–H and O–H groups in total. The van der Waals surface area contributed by atoms with Crippen molar-refractivity contribution in [3.8, 4) is 6.07 Å². The van der Waals surface area contributed by atoms with E-state index in [4.69, 9.17) is 15.4 Å². The maximum Gasteiger partial charge on any atom is 0.229 e. The number of aromatic nitrogens is 1. The molecule has 0 fully saturated rings. The monoisotopic (exact) mass is 151 g/mol. The van der Waals surface area contributed by atoms with E-state index in [1.54, 1.807) is 0 Å². The smallest absolute Gasteiger partial charge is 0.229 e. The molecule has 0 aliphatic rings. The van der Waals surface area contributed by atoms with Gasteiger partial charge in [0.25, 0.3) is 0 Å². The van der Waals surface area contributed by atoms with Gasteiger partial charge in [0.2, 0.25) is 11.6 Å². The number of nitrogen functional groups attached to an aromatic ring is 1. The minimum atomic E-state index is 0.121. The third-order valence-corrected chi connectivity index (χ3v) is 1.27. The Morgan fingerprint density at radius 2 is 2.45 bits per heavy atom. The summed E-state index contributed by atoms with van der Waals surface area (Å²) in [4.78, 5) is 3.87. The lowest BCUT2D eigenvalue weighted by Crippen LogP contribution is -1.84. The third-order valence-electron chi connectivity index (χ3n) is 1.27. The first kappa shape index (κ1) is 7.61. The number of hydrogen-bond acceptors (Lipinski definition) is 4. The van der Waals surface area contributed by atoms with Crippen LogP contribution in [-0.2, 0) is 6.42 Å². The van der Waals surface area contributed by atoms with E-state index in [1.807, 2.05) is 13.0 Å². The molecular formula is C7H9N3O. The molecule has 0 spiro atoms. The number of nitrogens with two attached hydrogens (primary N) is 1. The zero-order chi connectivity index (χ0) is 8.27. The third kappa shape index (κ3) is 1.49. The van der Waals surface area contributed by atoms with E-state index in [9.17, 15) is 0 Å². The fourth-order valence-corrected chi connectivity index (χ4v) is 0.779. The van der Waals surface area contributed by atoms with E-state index in [-0.39, 0.29) is 11.6 Å². The second-order valence-corrected chi connectivity index (χ2v) is 2.18. The first-order valence-electron chi connectivity index (χ1n) is 3.43. The van der Waals surface area contributed by atoms with Crippen LogP contribution in [0.2, 0.25) is 0 Å². The molecule has 0 aromatic carbocycles. The Morgan fingerprint density at radius 3 is 2.91 bits per heavy atom. The van der Waals surface area contributed by atoms with E-state index >= 15 is 0 Å². The number of aryl methyl sites for hydroxylation is 1. The second kappa shape index (κ2) is 3.06. The van der Waals surface area contributed by atoms with Crippen LogP contribution < -0.4 is 5.73 Å². The van der Waals surface area contributed by atoms with Crippen molar-refractivity contribution >= 4 is 5.88 Å². The SMILES string of the molecule is CCCc1nc(C#N)c(N)o1. The minimum Gasteiger partial charge on any atom is -0.424 e. The standard InChI is InChI=1S/C7H9N3O/c1-2-3-6-10-5(4-8)7(9)11-6/h2-3,9H2,1H3. The number of rotatable bonds is 2. The zero-order valence-corrected chi connectivity index (χ0v) is 6.29. The lowest BCUT2D eigenvalue weighted by atomic mass is 10.3. The van der Waals surface area contributed by atoms with Gasteiger partial charge in [0, 0.05) is 6.42 Å². The van der Waals surface area contributed by atoms with Crippen LogP contribution in [0.4, 0.5) is 5.88 Å². The molecule has 4 heteroatoms. The number of hydrogen-bond donors (Lipinski definition) is 1. The maximum atomic E-state index is 8.45. The molecule has 1 rings (SSSR count). The van der Waals surface area contributed by atoms with Crippen molar-refractivity contribution < 1.29 is 4.42 Å². The van der Waals surface area contributed by atoms with Crippen LogP contribution in [0.5, 0.6) is 0 Å². The maximum absolute atomic E-state index is 8.45. The normalized spacial score (nSPS) is 9.45. The molecule has 1 heterocycles. The summed E-state index contributed by atoms with van der Waals surface area (Å²) in [5.74, 6) is 0.664. The highest BCUT2D eigenvalue weighted by Crippen LogP contribution is 2.12. The highest BCUT2D eigenvalue weighted by Gasteiger charge is 2.07. The van der Waals surface area contributed by atoms with E-state index in [2.05, 4.69) is 4.98 Å². The summed E-state index contributed by atoms with van der Waals surface area (Å²) in [5, 5.41) is 8.45. The van der Waals surface area contributed by atoms with Gasteiger partial charge in [-0.05, 0) is 6.42 Å². The Labute approximate surface area is 64.6 Å². The highest BCUT2D eigenvalue weighted by molar-refractivity contribution is 5.40. The molecule has 58 valence electrons. The van der Waals surface area contributed by atoms with Gasteiger partial charge in [0.1, 0.15) is 6.07 Å². The predicted octanol–water partition coefficient (Wildman–Crippen LogP) is 1.08. The summed E-state index contributed by atoms with van der Waals surface area (Å²) in [6.07, 6.45) is 1.66. The molecule has 1 aromatic rings. The number of nitriles is 1. The van der Waals surface area contributed by atoms with Gasteiger partial charge < -0.3 is 10.2 Å². The first-order chi connectivity index (χ1) is 5.27. The van der Waals surface area contributed by atoms with Crippen molar-refractivity contribution in [3.05, 3.63) is 11.6 Å². The van der Waals surface area contributed by atoms with E-state index in [0.717, 1.165) is 12.8 Å². The van der Waals surface area contributed by atoms with Crippen molar-refractivity contribution in [2.24, 2.45) is 0 Å². The van der Waals surface area contributed by atoms with Gasteiger partial charge in [0.05, 0.1) is 0 Å². The Bertz CT molecular complexity index is 284. The van der Waals surface area contributed by atoms with Gasteiger partial charge >= 0.3 is 0 Å². The van der Waals surface area contributed by atoms with Gasteiger partial charge in [-0.3, -0.25) is 0 Å². The summed E-state index contributed by atoms with van der Waals surface area (Å²) in [5.41, 5.74) is 5.52. The second-order valence-electron chi connectivity index (χ2n) is 2.18. The van der Waals surface area contributed by atoms with Crippen LogP contribution in [-0.4, -0.2) is 4.98 Å². The van der Waals surface area contributed by atoms with Crippen molar-refractivity contribution in [1.29, 1.82) is 5.26 Å². The molecule has 4 nitrogen and oxygen atoms in total. The molecular weight excluding hydrogens is 142 g/mol. The van der Waals surface area contributed by atoms with E-state index < -0.39 is 0 Å². The van der Waals surface area contributed by atoms with Gasteiger partial charge in [-0.1, -0.05) is 6.92 Å². The highest BCUT2D eigenvalue weighted by atomic mass is 16.4. The number of oxazole rings is 1. The molecule has 0 aliphatic heterocycles. The molecule has 0 atom stereocenters. The van der Waals surface area contributed by atoms with Gasteiger partial charge in [-0.25, -0.2) is 4.98 Å². The van der Waals surface area contributed by atoms with Crippen molar-refractivity contribution in [2.45, 2.75) is 19.8 Å². The van der Waals surface area contributed by atoms with Crippen LogP contribution in [0.25, 0.3) is 0 Å². The fraction of sp³-hybridized carbons (Fsp3) is 0.429. The lowest BCUT2D eigenvalue weighted by molar-refractivity contribution is 0.507. The molecule has 11 heavy (non-hydrogen) atoms. The van der Waals surface area contributed by atoms with Crippen LogP contribution in [0.3, 0.4) is 0 Å². The summed E-state index contributed by atoms with van der Waals surface area (Å²) < 4.78 is 4.99. The molecule has 0 aliphatic carbocycles. The summed E-state index contributed by atoms with van der Waals surface area (Å²) in [6, 6.07) is 1.84. The first-order valence-corrected chi connectivity index (χ1v) is 3.43. The largest absolute Gasteiger partial charge is 0.424 e. The molecule has 0 saturated heterocycles. The van der Waals surface area contributed by atoms with Crippen LogP contribution in [0, 0.1) is 11.3 Å². The fourth-order valence-electron chi connectivity index (χ4n) is 0.779. The molecule has 0 radical (unpaired) electrons. The van der Waals surface area contributed by atoms with Gasteiger partial charge in [0.15, 0.2) is 5.89 Å². The summed E-state index contributed by atoms with van der Waals surface area (Å²) in [7, 11) is 0. The van der Waals surface area contributed by atoms with E-state index in [1.165, 1.54) is 0 Å². The Hall–Kier alpha value is -1.50. The lowest BCUT2D eigenvalue weighted by Gasteiger charge is -1.85. The van der Waals surface area contributed by atoms with E-state index in [0.29, 0.717) is 5.89 Å². The predicted molar refractivity (Wildman–Crippen MR) is 39.6 cm³/mol. The van der Waals surface area contributed by atoms with Crippen molar-refractivity contribution in [3.63, 3.8) is 0 Å². The Morgan fingerprint density at radius 1 is 1.73 bits per heavy atom. The van der Waals surface area contributed by atoms with Gasteiger partial charge in [-0.15, -0.1) is 0 Å². The molecule has 1 aromatic heterocycles. The Balaban J connectivity index is 2.89. The van der Waals surface area contributed by atoms with Crippen LogP contribution in [0.15, 0.2) is 4.42 Å². The Kier molecular flexibility index (Phi) is 2.12. The summed E-state index contributed by atoms with van der Waals surface area (Å²) >= 11 is 0. The summed E-state index contributed by atoms with van der Waals surface area (Å²) in [6.45, 7) is 2.01. The topological polar surface area (TPSA) is 75.8 Å².